The molecule has 0 saturated heterocycles. The third-order valence-corrected chi connectivity index (χ3v) is 3.79. The summed E-state index contributed by atoms with van der Waals surface area (Å²) in [6.45, 7) is 1.89. The highest BCUT2D eigenvalue weighted by Gasteiger charge is 2.15. The van der Waals surface area contributed by atoms with Gasteiger partial charge in [-0.05, 0) is 29.5 Å². The minimum atomic E-state index is -0.340. The van der Waals surface area contributed by atoms with E-state index in [9.17, 15) is 9.90 Å². The Hall–Kier alpha value is -2.40. The predicted molar refractivity (Wildman–Crippen MR) is 80.0 cm³/mol. The van der Waals surface area contributed by atoms with Crippen molar-refractivity contribution in [3.63, 3.8) is 0 Å². The minimum Gasteiger partial charge on any atom is -0.493 e. The molecule has 0 spiro atoms. The number of nitrogens with one attached hydrogen (secondary N) is 1. The van der Waals surface area contributed by atoms with Crippen molar-refractivity contribution in [2.75, 3.05) is 0 Å². The van der Waals surface area contributed by atoms with Crippen LogP contribution in [0.3, 0.4) is 0 Å². The number of aromatic nitrogens is 2. The van der Waals surface area contributed by atoms with Gasteiger partial charge in [0.05, 0.1) is 0 Å². The van der Waals surface area contributed by atoms with Gasteiger partial charge in [0.25, 0.3) is 5.56 Å². The maximum absolute atomic E-state index is 12.3. The highest BCUT2D eigenvalue weighted by Crippen LogP contribution is 2.28. The van der Waals surface area contributed by atoms with Gasteiger partial charge in [-0.25, -0.2) is 0 Å². The molecule has 0 bridgehead atoms. The van der Waals surface area contributed by atoms with Crippen LogP contribution in [-0.2, 0) is 0 Å². The van der Waals surface area contributed by atoms with Crippen LogP contribution in [0, 0.1) is 6.92 Å². The summed E-state index contributed by atoms with van der Waals surface area (Å²) in [5.74, 6) is 0.135. The number of nitrogens with zero attached hydrogens (tertiary/aromatic N) is 1. The Morgan fingerprint density at radius 2 is 2.05 bits per heavy atom. The lowest BCUT2D eigenvalue weighted by Gasteiger charge is -2.07. The molecule has 0 aliphatic rings. The summed E-state index contributed by atoms with van der Waals surface area (Å²) in [6, 6.07) is 9.24. The van der Waals surface area contributed by atoms with Crippen molar-refractivity contribution in [3.8, 4) is 28.4 Å². The van der Waals surface area contributed by atoms with Crippen LogP contribution in [0.1, 0.15) is 5.56 Å². The second kappa shape index (κ2) is 4.94. The molecule has 0 fully saturated rings. The van der Waals surface area contributed by atoms with Gasteiger partial charge in [0.2, 0.25) is 5.88 Å². The zero-order chi connectivity index (χ0) is 14.1. The van der Waals surface area contributed by atoms with Crippen LogP contribution < -0.4 is 5.56 Å². The molecule has 0 atom stereocenters. The lowest BCUT2D eigenvalue weighted by molar-refractivity contribution is 0.454. The molecule has 3 aromatic rings. The van der Waals surface area contributed by atoms with Crippen LogP contribution in [0.2, 0.25) is 0 Å². The van der Waals surface area contributed by atoms with Crippen molar-refractivity contribution < 1.29 is 5.11 Å². The first-order chi connectivity index (χ1) is 9.66. The smallest absolute Gasteiger partial charge is 0.262 e. The van der Waals surface area contributed by atoms with E-state index in [2.05, 4.69) is 9.97 Å². The van der Waals surface area contributed by atoms with Gasteiger partial charge in [-0.2, -0.15) is 16.3 Å². The molecule has 0 unspecified atom stereocenters. The molecule has 2 heterocycles. The number of aromatic hydroxyl groups is 1. The van der Waals surface area contributed by atoms with Crippen LogP contribution in [-0.4, -0.2) is 15.1 Å². The van der Waals surface area contributed by atoms with E-state index in [1.54, 1.807) is 6.07 Å². The zero-order valence-electron chi connectivity index (χ0n) is 10.8. The van der Waals surface area contributed by atoms with Gasteiger partial charge in [-0.1, -0.05) is 24.3 Å². The van der Waals surface area contributed by atoms with Gasteiger partial charge in [0.1, 0.15) is 11.4 Å². The number of hydrogen-bond donors (Lipinski definition) is 2. The fraction of sp³-hybridized carbons (Fsp3) is 0.0667. The van der Waals surface area contributed by atoms with Gasteiger partial charge in [0.15, 0.2) is 0 Å². The molecule has 0 aliphatic carbocycles. The lowest BCUT2D eigenvalue weighted by atomic mass is 10.0. The molecular weight excluding hydrogens is 272 g/mol. The molecule has 5 heteroatoms. The Bertz CT molecular complexity index is 807. The van der Waals surface area contributed by atoms with Crippen molar-refractivity contribution in [3.05, 3.63) is 57.0 Å². The second-order valence-corrected chi connectivity index (χ2v) is 5.22. The van der Waals surface area contributed by atoms with Crippen molar-refractivity contribution in [1.82, 2.24) is 9.97 Å². The van der Waals surface area contributed by atoms with Crippen LogP contribution in [0.25, 0.3) is 22.5 Å². The molecule has 0 radical (unpaired) electrons. The van der Waals surface area contributed by atoms with E-state index >= 15 is 0 Å². The third kappa shape index (κ3) is 2.12. The Labute approximate surface area is 119 Å². The Morgan fingerprint density at radius 1 is 1.25 bits per heavy atom. The van der Waals surface area contributed by atoms with Gasteiger partial charge >= 0.3 is 0 Å². The number of rotatable bonds is 2. The van der Waals surface area contributed by atoms with E-state index in [-0.39, 0.29) is 17.0 Å². The summed E-state index contributed by atoms with van der Waals surface area (Å²) < 4.78 is 0. The zero-order valence-corrected chi connectivity index (χ0v) is 11.6. The number of H-pyrrole nitrogens is 1. The quantitative estimate of drug-likeness (QED) is 0.759. The maximum atomic E-state index is 12.3. The minimum absolute atomic E-state index is 0.210. The molecule has 1 aromatic carbocycles. The maximum Gasteiger partial charge on any atom is 0.262 e. The molecule has 100 valence electrons. The number of aryl methyl sites for hydroxylation is 1. The topological polar surface area (TPSA) is 66.0 Å². The van der Waals surface area contributed by atoms with Crippen molar-refractivity contribution >= 4 is 11.3 Å². The first-order valence-electron chi connectivity index (χ1n) is 6.08. The summed E-state index contributed by atoms with van der Waals surface area (Å²) in [4.78, 5) is 19.1. The Balaban J connectivity index is 2.20. The molecule has 0 aliphatic heterocycles. The van der Waals surface area contributed by atoms with Gasteiger partial charge in [-0.3, -0.25) is 4.79 Å². The van der Waals surface area contributed by atoms with Crippen molar-refractivity contribution in [1.29, 1.82) is 0 Å². The van der Waals surface area contributed by atoms with E-state index < -0.39 is 0 Å². The fourth-order valence-electron chi connectivity index (χ4n) is 2.09. The molecule has 4 nitrogen and oxygen atoms in total. The number of hydrogen-bond acceptors (Lipinski definition) is 4. The lowest BCUT2D eigenvalue weighted by Crippen LogP contribution is -2.12. The fourth-order valence-corrected chi connectivity index (χ4v) is 2.73. The summed E-state index contributed by atoms with van der Waals surface area (Å²) in [6.07, 6.45) is 0. The molecular formula is C15H12N2O2S. The Kier molecular flexibility index (Phi) is 3.12. The highest BCUT2D eigenvalue weighted by molar-refractivity contribution is 7.08. The second-order valence-electron chi connectivity index (χ2n) is 4.44. The van der Waals surface area contributed by atoms with E-state index in [4.69, 9.17) is 0 Å². The van der Waals surface area contributed by atoms with Crippen molar-refractivity contribution in [2.45, 2.75) is 6.92 Å². The van der Waals surface area contributed by atoms with E-state index in [1.807, 2.05) is 41.9 Å². The molecule has 20 heavy (non-hydrogen) atoms. The first-order valence-corrected chi connectivity index (χ1v) is 7.03. The first kappa shape index (κ1) is 12.6. The van der Waals surface area contributed by atoms with Crippen LogP contribution in [0.5, 0.6) is 5.88 Å². The monoisotopic (exact) mass is 284 g/mol. The molecule has 0 saturated carbocycles. The summed E-state index contributed by atoms with van der Waals surface area (Å²) in [5, 5.41) is 13.9. The van der Waals surface area contributed by atoms with E-state index in [0.717, 1.165) is 11.1 Å². The normalized spacial score (nSPS) is 10.7. The van der Waals surface area contributed by atoms with Crippen LogP contribution >= 0.6 is 11.3 Å². The Morgan fingerprint density at radius 3 is 2.70 bits per heavy atom. The summed E-state index contributed by atoms with van der Waals surface area (Å²) in [5.41, 5.74) is 2.27. The SMILES string of the molecule is Cc1ccccc1-c1c(O)nc(-c2ccsc2)[nH]c1=O. The number of benzene rings is 1. The third-order valence-electron chi connectivity index (χ3n) is 3.11. The van der Waals surface area contributed by atoms with E-state index in [1.165, 1.54) is 11.3 Å². The molecule has 2 N–H and O–H groups in total. The number of thiophene rings is 1. The standard InChI is InChI=1S/C15H12N2O2S/c1-9-4-2-3-5-11(9)12-14(18)16-13(17-15(12)19)10-6-7-20-8-10/h2-8H,1H3,(H2,16,17,18,19). The van der Waals surface area contributed by atoms with Gasteiger partial charge < -0.3 is 10.1 Å². The van der Waals surface area contributed by atoms with Gasteiger partial charge in [0, 0.05) is 10.9 Å². The van der Waals surface area contributed by atoms with Crippen LogP contribution in [0.4, 0.5) is 0 Å². The molecule has 3 rings (SSSR count). The largest absolute Gasteiger partial charge is 0.493 e. The van der Waals surface area contributed by atoms with Gasteiger partial charge in [-0.15, -0.1) is 0 Å². The number of aromatic amines is 1. The molecule has 2 aromatic heterocycles. The van der Waals surface area contributed by atoms with Crippen molar-refractivity contribution in [2.24, 2.45) is 0 Å². The molecule has 0 amide bonds. The van der Waals surface area contributed by atoms with Crippen LogP contribution in [0.15, 0.2) is 45.9 Å². The average Bonchev–Trinajstić information content (AvgIpc) is 2.94. The summed E-state index contributed by atoms with van der Waals surface area (Å²) in [7, 11) is 0. The van der Waals surface area contributed by atoms with E-state index in [0.29, 0.717) is 11.4 Å². The average molecular weight is 284 g/mol. The summed E-state index contributed by atoms with van der Waals surface area (Å²) >= 11 is 1.51. The highest BCUT2D eigenvalue weighted by atomic mass is 32.1. The predicted octanol–water partition coefficient (Wildman–Crippen LogP) is 3.18.